The van der Waals surface area contributed by atoms with Gasteiger partial charge in [0.15, 0.2) is 0 Å². The highest BCUT2D eigenvalue weighted by Crippen LogP contribution is 2.15. The maximum absolute atomic E-state index is 12.0. The van der Waals surface area contributed by atoms with Crippen LogP contribution in [0, 0.1) is 0 Å². The Balaban J connectivity index is 2.37. The van der Waals surface area contributed by atoms with Gasteiger partial charge in [-0.05, 0) is 51.5 Å². The molecular formula is C16H26N2O2. The van der Waals surface area contributed by atoms with Crippen molar-refractivity contribution in [2.75, 3.05) is 19.6 Å². The summed E-state index contributed by atoms with van der Waals surface area (Å²) in [6.45, 7) is 9.51. The molecule has 0 bridgehead atoms. The van der Waals surface area contributed by atoms with Crippen LogP contribution in [0.4, 0.5) is 0 Å². The van der Waals surface area contributed by atoms with E-state index in [1.165, 1.54) is 6.07 Å². The summed E-state index contributed by atoms with van der Waals surface area (Å²) in [4.78, 5) is 14.4. The molecule has 1 rings (SSSR count). The Morgan fingerprint density at radius 3 is 2.55 bits per heavy atom. The van der Waals surface area contributed by atoms with Crippen molar-refractivity contribution in [1.82, 2.24) is 10.2 Å². The zero-order valence-corrected chi connectivity index (χ0v) is 12.7. The van der Waals surface area contributed by atoms with Crippen molar-refractivity contribution in [3.05, 3.63) is 29.8 Å². The number of carbonyl (C=O) groups is 1. The molecule has 0 aliphatic rings. The first-order chi connectivity index (χ1) is 9.58. The number of hydrogen-bond donors (Lipinski definition) is 2. The summed E-state index contributed by atoms with van der Waals surface area (Å²) < 4.78 is 0. The minimum Gasteiger partial charge on any atom is -0.507 e. The van der Waals surface area contributed by atoms with Gasteiger partial charge in [-0.3, -0.25) is 4.79 Å². The van der Waals surface area contributed by atoms with E-state index in [1.54, 1.807) is 18.2 Å². The number of phenols is 1. The summed E-state index contributed by atoms with van der Waals surface area (Å²) in [5.74, 6) is -0.182. The standard InChI is InChI=1S/C16H26N2O2/c1-4-18(5-2)12-8-9-13(3)17-16(20)14-10-6-7-11-15(14)19/h6-7,10-11,13,19H,4-5,8-9,12H2,1-3H3,(H,17,20). The largest absolute Gasteiger partial charge is 0.507 e. The lowest BCUT2D eigenvalue weighted by Gasteiger charge is -2.19. The van der Waals surface area contributed by atoms with E-state index < -0.39 is 0 Å². The maximum Gasteiger partial charge on any atom is 0.255 e. The zero-order chi connectivity index (χ0) is 15.0. The highest BCUT2D eigenvalue weighted by molar-refractivity contribution is 5.96. The van der Waals surface area contributed by atoms with Gasteiger partial charge in [0.1, 0.15) is 5.75 Å². The number of amides is 1. The van der Waals surface area contributed by atoms with Crippen molar-refractivity contribution in [2.45, 2.75) is 39.7 Å². The molecule has 0 aliphatic heterocycles. The van der Waals surface area contributed by atoms with Crippen LogP contribution in [0.1, 0.15) is 44.0 Å². The lowest BCUT2D eigenvalue weighted by molar-refractivity contribution is 0.0934. The predicted octanol–water partition coefficient (Wildman–Crippen LogP) is 2.63. The monoisotopic (exact) mass is 278 g/mol. The lowest BCUT2D eigenvalue weighted by atomic mass is 10.1. The summed E-state index contributed by atoms with van der Waals surface area (Å²) in [7, 11) is 0. The topological polar surface area (TPSA) is 52.6 Å². The lowest BCUT2D eigenvalue weighted by Crippen LogP contribution is -2.33. The Hall–Kier alpha value is -1.55. The van der Waals surface area contributed by atoms with Crippen LogP contribution in [0.15, 0.2) is 24.3 Å². The van der Waals surface area contributed by atoms with E-state index in [2.05, 4.69) is 24.1 Å². The molecule has 0 saturated heterocycles. The van der Waals surface area contributed by atoms with Gasteiger partial charge in [-0.2, -0.15) is 0 Å². The molecule has 4 nitrogen and oxygen atoms in total. The van der Waals surface area contributed by atoms with Gasteiger partial charge in [-0.15, -0.1) is 0 Å². The molecule has 112 valence electrons. The number of nitrogens with one attached hydrogen (secondary N) is 1. The Kier molecular flexibility index (Phi) is 7.09. The van der Waals surface area contributed by atoms with Crippen LogP contribution in [0.25, 0.3) is 0 Å². The first-order valence-electron chi connectivity index (χ1n) is 7.39. The molecule has 1 amide bonds. The number of benzene rings is 1. The van der Waals surface area contributed by atoms with Crippen molar-refractivity contribution in [1.29, 1.82) is 0 Å². The van der Waals surface area contributed by atoms with Crippen LogP contribution >= 0.6 is 0 Å². The molecule has 1 aromatic carbocycles. The third-order valence-electron chi connectivity index (χ3n) is 3.53. The molecule has 1 atom stereocenters. The van der Waals surface area contributed by atoms with Gasteiger partial charge >= 0.3 is 0 Å². The van der Waals surface area contributed by atoms with Crippen LogP contribution in [-0.2, 0) is 0 Å². The molecular weight excluding hydrogens is 252 g/mol. The second kappa shape index (κ2) is 8.59. The Bertz CT molecular complexity index is 417. The number of carbonyl (C=O) groups excluding carboxylic acids is 1. The molecule has 0 spiro atoms. The van der Waals surface area contributed by atoms with Gasteiger partial charge in [-0.1, -0.05) is 26.0 Å². The fourth-order valence-electron chi connectivity index (χ4n) is 2.20. The molecule has 0 radical (unpaired) electrons. The average molecular weight is 278 g/mol. The quantitative estimate of drug-likeness (QED) is 0.768. The number of rotatable bonds is 8. The van der Waals surface area contributed by atoms with Crippen LogP contribution in [-0.4, -0.2) is 41.6 Å². The zero-order valence-electron chi connectivity index (χ0n) is 12.7. The Labute approximate surface area is 121 Å². The summed E-state index contributed by atoms with van der Waals surface area (Å²) in [5.41, 5.74) is 0.336. The fraction of sp³-hybridized carbons (Fsp3) is 0.562. The van der Waals surface area contributed by atoms with Gasteiger partial charge in [0, 0.05) is 6.04 Å². The van der Waals surface area contributed by atoms with E-state index in [0.717, 1.165) is 32.5 Å². The minimum atomic E-state index is -0.210. The van der Waals surface area contributed by atoms with Crippen molar-refractivity contribution < 1.29 is 9.90 Å². The van der Waals surface area contributed by atoms with Gasteiger partial charge in [0.2, 0.25) is 0 Å². The first kappa shape index (κ1) is 16.5. The Morgan fingerprint density at radius 1 is 1.30 bits per heavy atom. The number of phenolic OH excluding ortho intramolecular Hbond substituents is 1. The minimum absolute atomic E-state index is 0.0281. The second-order valence-electron chi connectivity index (χ2n) is 5.06. The third-order valence-corrected chi connectivity index (χ3v) is 3.53. The van der Waals surface area contributed by atoms with Crippen LogP contribution in [0.3, 0.4) is 0 Å². The molecule has 0 heterocycles. The smallest absolute Gasteiger partial charge is 0.255 e. The number of para-hydroxylation sites is 1. The van der Waals surface area contributed by atoms with Gasteiger partial charge in [-0.25, -0.2) is 0 Å². The van der Waals surface area contributed by atoms with E-state index >= 15 is 0 Å². The fourth-order valence-corrected chi connectivity index (χ4v) is 2.20. The molecule has 2 N–H and O–H groups in total. The van der Waals surface area contributed by atoms with E-state index in [9.17, 15) is 9.90 Å². The molecule has 20 heavy (non-hydrogen) atoms. The molecule has 1 aromatic rings. The summed E-state index contributed by atoms with van der Waals surface area (Å²) in [6, 6.07) is 6.73. The van der Waals surface area contributed by atoms with Crippen molar-refractivity contribution >= 4 is 5.91 Å². The van der Waals surface area contributed by atoms with Crippen LogP contribution < -0.4 is 5.32 Å². The summed E-state index contributed by atoms with van der Waals surface area (Å²) in [6.07, 6.45) is 2.00. The molecule has 4 heteroatoms. The van der Waals surface area contributed by atoms with E-state index in [-0.39, 0.29) is 17.7 Å². The molecule has 1 unspecified atom stereocenters. The van der Waals surface area contributed by atoms with Gasteiger partial charge < -0.3 is 15.3 Å². The SMILES string of the molecule is CCN(CC)CCCC(C)NC(=O)c1ccccc1O. The highest BCUT2D eigenvalue weighted by Gasteiger charge is 2.13. The normalized spacial score (nSPS) is 12.4. The molecule has 0 saturated carbocycles. The summed E-state index contributed by atoms with van der Waals surface area (Å²) in [5, 5.41) is 12.6. The molecule has 0 aromatic heterocycles. The molecule has 0 aliphatic carbocycles. The average Bonchev–Trinajstić information content (AvgIpc) is 2.44. The third kappa shape index (κ3) is 5.21. The van der Waals surface area contributed by atoms with Crippen LogP contribution in [0.2, 0.25) is 0 Å². The van der Waals surface area contributed by atoms with Crippen molar-refractivity contribution in [3.8, 4) is 5.75 Å². The Morgan fingerprint density at radius 2 is 1.95 bits per heavy atom. The van der Waals surface area contributed by atoms with E-state index in [0.29, 0.717) is 5.56 Å². The second-order valence-corrected chi connectivity index (χ2v) is 5.06. The first-order valence-corrected chi connectivity index (χ1v) is 7.39. The van der Waals surface area contributed by atoms with Crippen molar-refractivity contribution in [2.24, 2.45) is 0 Å². The van der Waals surface area contributed by atoms with Crippen molar-refractivity contribution in [3.63, 3.8) is 0 Å². The number of aromatic hydroxyl groups is 1. The maximum atomic E-state index is 12.0. The van der Waals surface area contributed by atoms with E-state index in [4.69, 9.17) is 0 Å². The molecule has 0 fully saturated rings. The summed E-state index contributed by atoms with van der Waals surface area (Å²) >= 11 is 0. The number of hydrogen-bond acceptors (Lipinski definition) is 3. The highest BCUT2D eigenvalue weighted by atomic mass is 16.3. The van der Waals surface area contributed by atoms with E-state index in [1.807, 2.05) is 6.92 Å². The van der Waals surface area contributed by atoms with Gasteiger partial charge in [0.05, 0.1) is 5.56 Å². The van der Waals surface area contributed by atoms with Gasteiger partial charge in [0.25, 0.3) is 5.91 Å². The predicted molar refractivity (Wildman–Crippen MR) is 82.1 cm³/mol. The van der Waals surface area contributed by atoms with Crippen LogP contribution in [0.5, 0.6) is 5.75 Å². The number of nitrogens with zero attached hydrogens (tertiary/aromatic N) is 1.